The number of nitrogens with zero attached hydrogens (tertiary/aromatic N) is 5. The number of likely N-dealkylation sites (N-methyl/N-ethyl adjacent to an activating group) is 1. The molecule has 4 heterocycles. The molecule has 3 fully saturated rings. The minimum atomic E-state index is -0.115. The molecule has 2 bridgehead atoms. The SMILES string of the molecule is CN(C)CCN1CCC[C@@]2(C[C@H]3CC[C@H]2N3Cc2cnn(C)c2)C1=O. The molecule has 1 aromatic rings. The van der Waals surface area contributed by atoms with Crippen LogP contribution in [0.1, 0.15) is 37.7 Å². The molecule has 0 radical (unpaired) electrons. The van der Waals surface area contributed by atoms with Crippen LogP contribution < -0.4 is 0 Å². The number of carbonyl (C=O) groups excluding carboxylic acids is 1. The molecule has 0 aromatic carbocycles. The summed E-state index contributed by atoms with van der Waals surface area (Å²) in [5, 5.41) is 4.31. The van der Waals surface area contributed by atoms with Crippen LogP contribution in [0.4, 0.5) is 0 Å². The van der Waals surface area contributed by atoms with Crippen LogP contribution in [0, 0.1) is 5.41 Å². The molecule has 4 rings (SSSR count). The van der Waals surface area contributed by atoms with Gasteiger partial charge in [-0.1, -0.05) is 0 Å². The molecule has 6 nitrogen and oxygen atoms in total. The van der Waals surface area contributed by atoms with E-state index in [1.54, 1.807) is 0 Å². The normalized spacial score (nSPS) is 32.5. The first-order valence-corrected chi connectivity index (χ1v) is 9.67. The van der Waals surface area contributed by atoms with Crippen molar-refractivity contribution in [3.8, 4) is 0 Å². The topological polar surface area (TPSA) is 44.6 Å². The van der Waals surface area contributed by atoms with E-state index in [1.807, 2.05) is 17.9 Å². The van der Waals surface area contributed by atoms with Gasteiger partial charge in [0.15, 0.2) is 0 Å². The summed E-state index contributed by atoms with van der Waals surface area (Å²) in [6, 6.07) is 0.996. The minimum absolute atomic E-state index is 0.115. The van der Waals surface area contributed by atoms with E-state index in [0.29, 0.717) is 18.0 Å². The highest BCUT2D eigenvalue weighted by molar-refractivity contribution is 5.85. The number of piperidine rings is 1. The summed E-state index contributed by atoms with van der Waals surface area (Å²) in [4.78, 5) is 20.3. The lowest BCUT2D eigenvalue weighted by Gasteiger charge is -2.44. The molecule has 3 saturated heterocycles. The van der Waals surface area contributed by atoms with Crippen LogP contribution in [0.5, 0.6) is 0 Å². The Labute approximate surface area is 150 Å². The van der Waals surface area contributed by atoms with Gasteiger partial charge in [-0.05, 0) is 46.2 Å². The number of aromatic nitrogens is 2. The molecule has 1 amide bonds. The zero-order valence-electron chi connectivity index (χ0n) is 15.8. The molecule has 0 unspecified atom stereocenters. The van der Waals surface area contributed by atoms with E-state index in [0.717, 1.165) is 45.4 Å². The summed E-state index contributed by atoms with van der Waals surface area (Å²) < 4.78 is 1.87. The number of hydrogen-bond donors (Lipinski definition) is 0. The summed E-state index contributed by atoms with van der Waals surface area (Å²) in [5.41, 5.74) is 1.15. The van der Waals surface area contributed by atoms with Crippen molar-refractivity contribution in [2.45, 2.75) is 50.7 Å². The van der Waals surface area contributed by atoms with Crippen molar-refractivity contribution in [3.63, 3.8) is 0 Å². The van der Waals surface area contributed by atoms with Crippen molar-refractivity contribution in [2.75, 3.05) is 33.7 Å². The maximum atomic E-state index is 13.4. The first-order valence-electron chi connectivity index (χ1n) is 9.67. The van der Waals surface area contributed by atoms with Crippen LogP contribution in [-0.4, -0.2) is 76.2 Å². The molecule has 138 valence electrons. The van der Waals surface area contributed by atoms with Crippen molar-refractivity contribution in [1.82, 2.24) is 24.5 Å². The van der Waals surface area contributed by atoms with Gasteiger partial charge in [-0.15, -0.1) is 0 Å². The largest absolute Gasteiger partial charge is 0.341 e. The maximum absolute atomic E-state index is 13.4. The number of aryl methyl sites for hydroxylation is 1. The Morgan fingerprint density at radius 3 is 2.92 bits per heavy atom. The number of rotatable bonds is 5. The van der Waals surface area contributed by atoms with Crippen LogP contribution in [0.3, 0.4) is 0 Å². The van der Waals surface area contributed by atoms with Gasteiger partial charge in [0.1, 0.15) is 0 Å². The second kappa shape index (κ2) is 6.40. The van der Waals surface area contributed by atoms with Crippen LogP contribution in [-0.2, 0) is 18.4 Å². The van der Waals surface area contributed by atoms with Crippen molar-refractivity contribution < 1.29 is 4.79 Å². The minimum Gasteiger partial charge on any atom is -0.341 e. The molecular weight excluding hydrogens is 314 g/mol. The fourth-order valence-electron chi connectivity index (χ4n) is 5.45. The number of fused-ring (bicyclic) bond motifs is 3. The van der Waals surface area contributed by atoms with E-state index in [4.69, 9.17) is 0 Å². The monoisotopic (exact) mass is 345 g/mol. The first-order chi connectivity index (χ1) is 12.0. The van der Waals surface area contributed by atoms with Gasteiger partial charge in [-0.2, -0.15) is 5.10 Å². The third kappa shape index (κ3) is 2.89. The van der Waals surface area contributed by atoms with E-state index in [9.17, 15) is 4.79 Å². The Kier molecular flexibility index (Phi) is 4.36. The average Bonchev–Trinajstić information content (AvgIpc) is 3.24. The van der Waals surface area contributed by atoms with Gasteiger partial charge in [0, 0.05) is 57.1 Å². The van der Waals surface area contributed by atoms with Gasteiger partial charge < -0.3 is 9.80 Å². The van der Waals surface area contributed by atoms with E-state index in [-0.39, 0.29) is 5.41 Å². The summed E-state index contributed by atoms with van der Waals surface area (Å²) in [6.45, 7) is 3.70. The van der Waals surface area contributed by atoms with Crippen LogP contribution in [0.25, 0.3) is 0 Å². The number of hydrogen-bond acceptors (Lipinski definition) is 4. The molecule has 3 aliphatic rings. The average molecular weight is 345 g/mol. The summed E-state index contributed by atoms with van der Waals surface area (Å²) >= 11 is 0. The Balaban J connectivity index is 1.51. The number of amides is 1. The van der Waals surface area contributed by atoms with E-state index in [2.05, 4.69) is 40.1 Å². The van der Waals surface area contributed by atoms with E-state index >= 15 is 0 Å². The Morgan fingerprint density at radius 2 is 2.20 bits per heavy atom. The maximum Gasteiger partial charge on any atom is 0.230 e. The highest BCUT2D eigenvalue weighted by Gasteiger charge is 2.61. The van der Waals surface area contributed by atoms with Crippen molar-refractivity contribution in [1.29, 1.82) is 0 Å². The molecule has 3 atom stereocenters. The molecule has 3 aliphatic heterocycles. The lowest BCUT2D eigenvalue weighted by atomic mass is 9.68. The molecular formula is C19H31N5O. The third-order valence-corrected chi connectivity index (χ3v) is 6.59. The van der Waals surface area contributed by atoms with Crippen molar-refractivity contribution in [3.05, 3.63) is 18.0 Å². The lowest BCUT2D eigenvalue weighted by molar-refractivity contribution is -0.149. The Morgan fingerprint density at radius 1 is 1.36 bits per heavy atom. The van der Waals surface area contributed by atoms with Crippen LogP contribution in [0.15, 0.2) is 12.4 Å². The predicted octanol–water partition coefficient (Wildman–Crippen LogP) is 1.33. The quantitative estimate of drug-likeness (QED) is 0.808. The lowest BCUT2D eigenvalue weighted by Crippen LogP contribution is -2.55. The van der Waals surface area contributed by atoms with Crippen LogP contribution >= 0.6 is 0 Å². The summed E-state index contributed by atoms with van der Waals surface area (Å²) in [7, 11) is 6.13. The van der Waals surface area contributed by atoms with Gasteiger partial charge in [0.05, 0.1) is 11.6 Å². The van der Waals surface area contributed by atoms with E-state index in [1.165, 1.54) is 18.4 Å². The van der Waals surface area contributed by atoms with Gasteiger partial charge >= 0.3 is 0 Å². The second-order valence-electron chi connectivity index (χ2n) is 8.50. The molecule has 1 spiro atoms. The third-order valence-electron chi connectivity index (χ3n) is 6.59. The highest BCUT2D eigenvalue weighted by atomic mass is 16.2. The zero-order chi connectivity index (χ0) is 17.6. The Hall–Kier alpha value is -1.40. The van der Waals surface area contributed by atoms with E-state index < -0.39 is 0 Å². The zero-order valence-corrected chi connectivity index (χ0v) is 15.8. The highest BCUT2D eigenvalue weighted by Crippen LogP contribution is 2.54. The second-order valence-corrected chi connectivity index (χ2v) is 8.50. The van der Waals surface area contributed by atoms with Gasteiger partial charge in [-0.25, -0.2) is 0 Å². The molecule has 1 aromatic heterocycles. The Bertz CT molecular complexity index is 642. The molecule has 0 N–H and O–H groups in total. The van der Waals surface area contributed by atoms with Gasteiger partial charge in [0.2, 0.25) is 5.91 Å². The fraction of sp³-hybridized carbons (Fsp3) is 0.789. The van der Waals surface area contributed by atoms with Gasteiger partial charge in [0.25, 0.3) is 0 Å². The van der Waals surface area contributed by atoms with Crippen molar-refractivity contribution in [2.24, 2.45) is 12.5 Å². The first kappa shape index (κ1) is 17.0. The van der Waals surface area contributed by atoms with Gasteiger partial charge in [-0.3, -0.25) is 14.4 Å². The summed E-state index contributed by atoms with van der Waals surface area (Å²) in [5.74, 6) is 0.434. The molecule has 0 aliphatic carbocycles. The van der Waals surface area contributed by atoms with Crippen LogP contribution in [0.2, 0.25) is 0 Å². The number of likely N-dealkylation sites (tertiary alicyclic amines) is 1. The number of carbonyl (C=O) groups is 1. The molecule has 25 heavy (non-hydrogen) atoms. The molecule has 0 saturated carbocycles. The summed E-state index contributed by atoms with van der Waals surface area (Å²) in [6.07, 6.45) is 9.80. The smallest absolute Gasteiger partial charge is 0.230 e. The standard InChI is InChI=1S/C19H31N5O/c1-21(2)9-10-23-8-4-7-19(18(23)25)11-16-5-6-17(19)24(16)14-15-12-20-22(3)13-15/h12-13,16-17H,4-11,14H2,1-3H3/t16-,17-,19+/m1/s1. The fourth-order valence-corrected chi connectivity index (χ4v) is 5.45. The molecule has 6 heteroatoms. The van der Waals surface area contributed by atoms with Crippen molar-refractivity contribution >= 4 is 5.91 Å². The predicted molar refractivity (Wildman–Crippen MR) is 97.0 cm³/mol.